The van der Waals surface area contributed by atoms with Crippen LogP contribution in [-0.2, 0) is 0 Å². The lowest BCUT2D eigenvalue weighted by Gasteiger charge is -2.11. The zero-order chi connectivity index (χ0) is 7.28. The van der Waals surface area contributed by atoms with Gasteiger partial charge in [-0.05, 0) is 19.5 Å². The summed E-state index contributed by atoms with van der Waals surface area (Å²) < 4.78 is 0. The second-order valence-corrected chi connectivity index (χ2v) is 6.55. The summed E-state index contributed by atoms with van der Waals surface area (Å²) >= 11 is 0. The molecule has 0 aromatic carbocycles. The molecule has 56 valence electrons. The average Bonchev–Trinajstić information content (AvgIpc) is 1.63. The van der Waals surface area contributed by atoms with Gasteiger partial charge in [0, 0.05) is 8.80 Å². The Labute approximate surface area is 60.5 Å². The van der Waals surface area contributed by atoms with Crippen LogP contribution in [0.2, 0.25) is 19.1 Å². The maximum Gasteiger partial charge on any atom is 0.0308 e. The van der Waals surface area contributed by atoms with Crippen molar-refractivity contribution in [1.82, 2.24) is 5.32 Å². The highest BCUT2D eigenvalue weighted by Gasteiger charge is 2.03. The van der Waals surface area contributed by atoms with Gasteiger partial charge >= 0.3 is 0 Å². The first kappa shape index (κ1) is 9.18. The highest BCUT2D eigenvalue weighted by atomic mass is 28.3. The third-order valence-electron chi connectivity index (χ3n) is 1.43. The fourth-order valence-corrected chi connectivity index (χ4v) is 3.01. The van der Waals surface area contributed by atoms with Crippen molar-refractivity contribution >= 4 is 8.80 Å². The zero-order valence-electron chi connectivity index (χ0n) is 7.07. The molecule has 1 N–H and O–H groups in total. The van der Waals surface area contributed by atoms with Crippen molar-refractivity contribution in [3.05, 3.63) is 0 Å². The molecule has 1 unspecified atom stereocenters. The van der Waals surface area contributed by atoms with Gasteiger partial charge in [0.05, 0.1) is 0 Å². The number of rotatable bonds is 4. The Morgan fingerprint density at radius 2 is 2.00 bits per heavy atom. The number of nitrogens with one attached hydrogen (secondary N) is 1. The highest BCUT2D eigenvalue weighted by molar-refractivity contribution is 6.55. The maximum absolute atomic E-state index is 3.20. The zero-order valence-corrected chi connectivity index (χ0v) is 8.22. The van der Waals surface area contributed by atoms with Crippen LogP contribution in [-0.4, -0.2) is 22.4 Å². The van der Waals surface area contributed by atoms with Gasteiger partial charge in [-0.1, -0.05) is 26.1 Å². The van der Waals surface area contributed by atoms with Crippen LogP contribution < -0.4 is 5.32 Å². The first-order chi connectivity index (χ1) is 4.16. The molecule has 1 atom stereocenters. The van der Waals surface area contributed by atoms with Crippen molar-refractivity contribution < 1.29 is 0 Å². The minimum atomic E-state index is -0.300. The van der Waals surface area contributed by atoms with Gasteiger partial charge in [0.25, 0.3) is 0 Å². The van der Waals surface area contributed by atoms with Crippen molar-refractivity contribution in [2.45, 2.75) is 26.1 Å². The fourth-order valence-electron chi connectivity index (χ4n) is 1.24. The Balaban J connectivity index is 3.15. The van der Waals surface area contributed by atoms with Crippen LogP contribution in [0.15, 0.2) is 0 Å². The van der Waals surface area contributed by atoms with E-state index in [1.165, 1.54) is 12.6 Å². The second-order valence-electron chi connectivity index (χ2n) is 3.29. The van der Waals surface area contributed by atoms with Gasteiger partial charge in [-0.25, -0.2) is 0 Å². The largest absolute Gasteiger partial charge is 0.319 e. The second kappa shape index (κ2) is 5.00. The fraction of sp³-hybridized carbons (Fsp3) is 1.00. The first-order valence-corrected chi connectivity index (χ1v) is 6.94. The molecule has 1 nitrogen and oxygen atoms in total. The van der Waals surface area contributed by atoms with Crippen LogP contribution in [0.5, 0.6) is 0 Å². The number of hydrogen-bond acceptors (Lipinski definition) is 1. The first-order valence-electron chi connectivity index (χ1n) is 3.81. The molecule has 0 bridgehead atoms. The molecule has 9 heavy (non-hydrogen) atoms. The van der Waals surface area contributed by atoms with E-state index >= 15 is 0 Å². The summed E-state index contributed by atoms with van der Waals surface area (Å²) in [6, 6.07) is 1.47. The smallest absolute Gasteiger partial charge is 0.0308 e. The van der Waals surface area contributed by atoms with E-state index in [0.29, 0.717) is 0 Å². The quantitative estimate of drug-likeness (QED) is 0.589. The van der Waals surface area contributed by atoms with E-state index in [2.05, 4.69) is 25.3 Å². The molecule has 0 saturated heterocycles. The van der Waals surface area contributed by atoms with Crippen LogP contribution in [0.1, 0.15) is 6.92 Å². The average molecular weight is 145 g/mol. The summed E-state index contributed by atoms with van der Waals surface area (Å²) in [5.41, 5.74) is 0. The predicted octanol–water partition coefficient (Wildman–Crippen LogP) is 1.33. The van der Waals surface area contributed by atoms with Crippen LogP contribution in [0.4, 0.5) is 0 Å². The Morgan fingerprint density at radius 3 is 2.33 bits per heavy atom. The molecule has 0 aliphatic carbocycles. The van der Waals surface area contributed by atoms with E-state index in [4.69, 9.17) is 0 Å². The summed E-state index contributed by atoms with van der Waals surface area (Å²) in [6.07, 6.45) is 0. The van der Waals surface area contributed by atoms with Crippen molar-refractivity contribution in [3.8, 4) is 0 Å². The van der Waals surface area contributed by atoms with Gasteiger partial charge in [0.1, 0.15) is 0 Å². The van der Waals surface area contributed by atoms with Crippen LogP contribution in [0.3, 0.4) is 0 Å². The minimum Gasteiger partial charge on any atom is -0.319 e. The molecule has 0 amide bonds. The van der Waals surface area contributed by atoms with Crippen LogP contribution in [0.25, 0.3) is 0 Å². The van der Waals surface area contributed by atoms with Gasteiger partial charge in [0.2, 0.25) is 0 Å². The van der Waals surface area contributed by atoms with Gasteiger partial charge < -0.3 is 5.32 Å². The molecule has 0 radical (unpaired) electrons. The van der Waals surface area contributed by atoms with E-state index < -0.39 is 0 Å². The third kappa shape index (κ3) is 6.06. The van der Waals surface area contributed by atoms with Gasteiger partial charge in [-0.15, -0.1) is 0 Å². The standard InChI is InChI=1S/C7H19NSi/c1-7(5-8-2)6-9(3)4/h7-9H,5-6H2,1-4H3. The lowest BCUT2D eigenvalue weighted by Crippen LogP contribution is -2.19. The monoisotopic (exact) mass is 145 g/mol. The van der Waals surface area contributed by atoms with Crippen molar-refractivity contribution in [2.75, 3.05) is 13.6 Å². The predicted molar refractivity (Wildman–Crippen MR) is 46.8 cm³/mol. The highest BCUT2D eigenvalue weighted by Crippen LogP contribution is 2.04. The lowest BCUT2D eigenvalue weighted by atomic mass is 10.2. The van der Waals surface area contributed by atoms with E-state index in [1.54, 1.807) is 0 Å². The summed E-state index contributed by atoms with van der Waals surface area (Å²) in [5, 5.41) is 3.20. The topological polar surface area (TPSA) is 12.0 Å². The lowest BCUT2D eigenvalue weighted by molar-refractivity contribution is 0.590. The van der Waals surface area contributed by atoms with Crippen molar-refractivity contribution in [3.63, 3.8) is 0 Å². The van der Waals surface area contributed by atoms with Gasteiger partial charge in [-0.3, -0.25) is 0 Å². The molecule has 0 spiro atoms. The minimum absolute atomic E-state index is 0.300. The van der Waals surface area contributed by atoms with Crippen LogP contribution >= 0.6 is 0 Å². The molecule has 0 fully saturated rings. The van der Waals surface area contributed by atoms with Gasteiger partial charge in [-0.2, -0.15) is 0 Å². The van der Waals surface area contributed by atoms with Gasteiger partial charge in [0.15, 0.2) is 0 Å². The molecule has 0 aromatic heterocycles. The van der Waals surface area contributed by atoms with Crippen molar-refractivity contribution in [2.24, 2.45) is 5.92 Å². The summed E-state index contributed by atoms with van der Waals surface area (Å²) in [5.74, 6) is 0.890. The molecule has 0 aromatic rings. The van der Waals surface area contributed by atoms with E-state index in [1.807, 2.05) is 7.05 Å². The molecule has 0 heterocycles. The molecule has 2 heteroatoms. The molecular weight excluding hydrogens is 126 g/mol. The van der Waals surface area contributed by atoms with E-state index in [0.717, 1.165) is 5.92 Å². The normalized spacial score (nSPS) is 14.3. The summed E-state index contributed by atoms with van der Waals surface area (Å²) in [4.78, 5) is 0. The number of hydrogen-bond donors (Lipinski definition) is 1. The molecule has 0 saturated carbocycles. The Bertz CT molecular complexity index is 63.9. The van der Waals surface area contributed by atoms with E-state index in [9.17, 15) is 0 Å². The maximum atomic E-state index is 3.20. The Kier molecular flexibility index (Phi) is 5.10. The SMILES string of the molecule is CNCC(C)C[SiH](C)C. The third-order valence-corrected chi connectivity index (χ3v) is 3.17. The Hall–Kier alpha value is 0.177. The van der Waals surface area contributed by atoms with Crippen molar-refractivity contribution in [1.29, 1.82) is 0 Å². The summed E-state index contributed by atoms with van der Waals surface area (Å²) in [7, 11) is 1.73. The molecule has 0 rings (SSSR count). The molecular formula is C7H19NSi. The Morgan fingerprint density at radius 1 is 1.44 bits per heavy atom. The summed E-state index contributed by atoms with van der Waals surface area (Å²) in [6.45, 7) is 8.33. The molecule has 0 aliphatic rings. The van der Waals surface area contributed by atoms with E-state index in [-0.39, 0.29) is 8.80 Å². The molecule has 0 aliphatic heterocycles. The van der Waals surface area contributed by atoms with Crippen LogP contribution in [0, 0.1) is 5.92 Å².